The first-order chi connectivity index (χ1) is 11.4. The van der Waals surface area contributed by atoms with Crippen molar-refractivity contribution < 1.29 is 57.6 Å². The van der Waals surface area contributed by atoms with E-state index in [0.29, 0.717) is 0 Å². The van der Waals surface area contributed by atoms with Crippen LogP contribution in [-0.4, -0.2) is 43.0 Å². The molecule has 26 heavy (non-hydrogen) atoms. The lowest BCUT2D eigenvalue weighted by Crippen LogP contribution is -2.54. The first kappa shape index (κ1) is 24.2. The van der Waals surface area contributed by atoms with E-state index >= 15 is 0 Å². The zero-order chi connectivity index (χ0) is 21.1. The highest BCUT2D eigenvalue weighted by Gasteiger charge is 2.63. The van der Waals surface area contributed by atoms with E-state index < -0.39 is 41.2 Å². The SMILES string of the molecule is CCn1cc[n+](C)c1.O=C([O-])C(S(=O)(=O)C(F)(F)F)S(=O)(=O)C(F)(F)F. The van der Waals surface area contributed by atoms with E-state index in [-0.39, 0.29) is 0 Å². The molecule has 0 aromatic carbocycles. The van der Waals surface area contributed by atoms with E-state index in [1.165, 1.54) is 0 Å². The molecule has 0 N–H and O–H groups in total. The molecule has 0 aliphatic heterocycles. The summed E-state index contributed by atoms with van der Waals surface area (Å²) < 4.78 is 112. The number of carboxylic acids is 1. The summed E-state index contributed by atoms with van der Waals surface area (Å²) in [5, 5.41) is 10.0. The average molecular weight is 434 g/mol. The molecule has 0 atom stereocenters. The van der Waals surface area contributed by atoms with Gasteiger partial charge in [-0.1, -0.05) is 0 Å². The van der Waals surface area contributed by atoms with Crippen LogP contribution in [0.5, 0.6) is 0 Å². The van der Waals surface area contributed by atoms with Crippen molar-refractivity contribution in [3.63, 3.8) is 0 Å². The van der Waals surface area contributed by atoms with Gasteiger partial charge in [0.1, 0.15) is 12.4 Å². The minimum atomic E-state index is -7.15. The minimum Gasteiger partial charge on any atom is -0.548 e. The molecule has 0 unspecified atom stereocenters. The van der Waals surface area contributed by atoms with Gasteiger partial charge in [0.15, 0.2) is 0 Å². The molecule has 1 aromatic rings. The Morgan fingerprint density at radius 3 is 1.62 bits per heavy atom. The van der Waals surface area contributed by atoms with Gasteiger partial charge in [0.2, 0.25) is 10.9 Å². The molecule has 16 heteroatoms. The molecular formula is C10H12F6N2O6S2. The fourth-order valence-electron chi connectivity index (χ4n) is 1.35. The number of carbonyl (C=O) groups excluding carboxylic acids is 1. The Balaban J connectivity index is 0.000000642. The van der Waals surface area contributed by atoms with Gasteiger partial charge >= 0.3 is 11.0 Å². The molecule has 1 aromatic heterocycles. The second kappa shape index (κ2) is 7.81. The van der Waals surface area contributed by atoms with Crippen molar-refractivity contribution in [3.8, 4) is 0 Å². The van der Waals surface area contributed by atoms with Crippen molar-refractivity contribution in [1.29, 1.82) is 0 Å². The second-order valence-corrected chi connectivity index (χ2v) is 8.89. The molecule has 0 saturated carbocycles. The van der Waals surface area contributed by atoms with Crippen LogP contribution in [-0.2, 0) is 38.1 Å². The smallest absolute Gasteiger partial charge is 0.499 e. The van der Waals surface area contributed by atoms with Gasteiger partial charge in [0.25, 0.3) is 19.7 Å². The molecule has 0 aliphatic carbocycles. The van der Waals surface area contributed by atoms with Gasteiger partial charge in [-0.05, 0) is 6.92 Å². The van der Waals surface area contributed by atoms with Crippen molar-refractivity contribution in [1.82, 2.24) is 4.57 Å². The quantitative estimate of drug-likeness (QED) is 0.455. The Hall–Kier alpha value is -1.84. The number of halogens is 6. The summed E-state index contributed by atoms with van der Waals surface area (Å²) in [5.41, 5.74) is -13.0. The topological polar surface area (TPSA) is 117 Å². The van der Waals surface area contributed by atoms with Crippen molar-refractivity contribution >= 4 is 25.6 Å². The summed E-state index contributed by atoms with van der Waals surface area (Å²) in [4.78, 5) is 10.0. The molecule has 8 nitrogen and oxygen atoms in total. The van der Waals surface area contributed by atoms with Crippen molar-refractivity contribution in [2.24, 2.45) is 7.05 Å². The maximum Gasteiger partial charge on any atom is 0.499 e. The van der Waals surface area contributed by atoms with Gasteiger partial charge in [-0.25, -0.2) is 26.0 Å². The number of aromatic nitrogens is 2. The lowest BCUT2D eigenvalue weighted by atomic mass is 10.7. The number of carbonyl (C=O) groups is 1. The number of aliphatic carboxylic acids is 1. The number of alkyl halides is 6. The van der Waals surface area contributed by atoms with Gasteiger partial charge < -0.3 is 9.90 Å². The van der Waals surface area contributed by atoms with Crippen LogP contribution in [0, 0.1) is 0 Å². The number of rotatable bonds is 4. The van der Waals surface area contributed by atoms with E-state index in [1.807, 2.05) is 17.8 Å². The van der Waals surface area contributed by atoms with Crippen LogP contribution in [0.2, 0.25) is 0 Å². The summed E-state index contributed by atoms with van der Waals surface area (Å²) >= 11 is 0. The van der Waals surface area contributed by atoms with Crippen molar-refractivity contribution in [3.05, 3.63) is 18.7 Å². The number of hydrogen-bond donors (Lipinski definition) is 0. The van der Waals surface area contributed by atoms with Gasteiger partial charge in [0.05, 0.1) is 19.6 Å². The van der Waals surface area contributed by atoms with E-state index in [0.717, 1.165) is 6.54 Å². The van der Waals surface area contributed by atoms with Crippen LogP contribution in [0.1, 0.15) is 6.92 Å². The summed E-state index contributed by atoms with van der Waals surface area (Å²) in [5.74, 6) is -3.55. The van der Waals surface area contributed by atoms with Gasteiger partial charge in [-0.2, -0.15) is 26.3 Å². The molecular weight excluding hydrogens is 422 g/mol. The Morgan fingerprint density at radius 2 is 1.46 bits per heavy atom. The van der Waals surface area contributed by atoms with E-state index in [4.69, 9.17) is 0 Å². The summed E-state index contributed by atoms with van der Waals surface area (Å²) in [6, 6.07) is 0. The standard InChI is InChI=1S/C6H11N2.C4H2F6O6S2/c1-3-8-5-4-7(2)6-8;5-3(6,7)17(13,14)2(1(11)12)18(15,16)4(8,9)10/h4-6H,3H2,1-2H3;2H,(H,11,12)/q+1;/p-1. The van der Waals surface area contributed by atoms with Crippen LogP contribution in [0.25, 0.3) is 0 Å². The first-order valence-electron chi connectivity index (χ1n) is 6.21. The number of nitrogens with zero attached hydrogens (tertiary/aromatic N) is 2. The monoisotopic (exact) mass is 434 g/mol. The molecule has 0 saturated heterocycles. The Labute approximate surface area is 143 Å². The lowest BCUT2D eigenvalue weighted by molar-refractivity contribution is -0.671. The second-order valence-electron chi connectivity index (χ2n) is 4.54. The highest BCUT2D eigenvalue weighted by molar-refractivity contribution is 8.10. The van der Waals surface area contributed by atoms with Gasteiger partial charge in [0, 0.05) is 0 Å². The lowest BCUT2D eigenvalue weighted by Gasteiger charge is -2.21. The minimum absolute atomic E-state index is 1.06. The molecule has 1 rings (SSSR count). The highest BCUT2D eigenvalue weighted by atomic mass is 32.3. The zero-order valence-electron chi connectivity index (χ0n) is 12.9. The Bertz CT molecular complexity index is 796. The third-order valence-corrected chi connectivity index (χ3v) is 6.91. The fourth-order valence-corrected chi connectivity index (χ4v) is 4.33. The summed E-state index contributed by atoms with van der Waals surface area (Å²) in [6.07, 6.45) is 6.14. The van der Waals surface area contributed by atoms with E-state index in [9.17, 15) is 53.1 Å². The first-order valence-corrected chi connectivity index (χ1v) is 9.31. The van der Waals surface area contributed by atoms with Crippen LogP contribution >= 0.6 is 0 Å². The number of carboxylic acid groups (broad SMARTS) is 1. The van der Waals surface area contributed by atoms with Crippen LogP contribution in [0.4, 0.5) is 26.3 Å². The molecule has 0 fully saturated rings. The van der Waals surface area contributed by atoms with Crippen molar-refractivity contribution in [2.75, 3.05) is 0 Å². The molecule has 152 valence electrons. The van der Waals surface area contributed by atoms with E-state index in [1.54, 1.807) is 0 Å². The van der Waals surface area contributed by atoms with Gasteiger partial charge in [-0.3, -0.25) is 0 Å². The predicted octanol–water partition coefficient (Wildman–Crippen LogP) is -0.736. The normalized spacial score (nSPS) is 13.3. The molecule has 0 amide bonds. The molecule has 0 spiro atoms. The average Bonchev–Trinajstić information content (AvgIpc) is 2.81. The maximum absolute atomic E-state index is 11.9. The molecule has 1 heterocycles. The highest BCUT2D eigenvalue weighted by Crippen LogP contribution is 2.35. The zero-order valence-corrected chi connectivity index (χ0v) is 14.6. The number of imidazole rings is 1. The van der Waals surface area contributed by atoms with Crippen molar-refractivity contribution in [2.45, 2.75) is 29.1 Å². The Morgan fingerprint density at radius 1 is 1.08 bits per heavy atom. The third-order valence-electron chi connectivity index (χ3n) is 2.59. The molecule has 0 aliphatic rings. The third kappa shape index (κ3) is 5.33. The Kier molecular flexibility index (Phi) is 7.26. The van der Waals surface area contributed by atoms with E-state index in [2.05, 4.69) is 24.0 Å². The largest absolute Gasteiger partial charge is 0.548 e. The molecule has 0 bridgehead atoms. The van der Waals surface area contributed by atoms with Crippen LogP contribution < -0.4 is 9.67 Å². The fraction of sp³-hybridized carbons (Fsp3) is 0.600. The number of aryl methyl sites for hydroxylation is 2. The summed E-state index contributed by atoms with van der Waals surface area (Å²) in [7, 11) is -12.3. The maximum atomic E-state index is 11.9. The predicted molar refractivity (Wildman–Crippen MR) is 70.0 cm³/mol. The number of hydrogen-bond acceptors (Lipinski definition) is 6. The van der Waals surface area contributed by atoms with Gasteiger partial charge in [-0.15, -0.1) is 0 Å². The number of sulfone groups is 2. The molecule has 0 radical (unpaired) electrons. The van der Waals surface area contributed by atoms with Crippen LogP contribution in [0.3, 0.4) is 0 Å². The van der Waals surface area contributed by atoms with Crippen LogP contribution in [0.15, 0.2) is 18.7 Å². The summed E-state index contributed by atoms with van der Waals surface area (Å²) in [6.45, 7) is 3.18.